The van der Waals surface area contributed by atoms with Gasteiger partial charge in [0, 0.05) is 22.9 Å². The highest BCUT2D eigenvalue weighted by atomic mass is 127. The first-order chi connectivity index (χ1) is 10.6. The van der Waals surface area contributed by atoms with Crippen molar-refractivity contribution in [1.82, 2.24) is 10.6 Å². The largest absolute Gasteiger partial charge is 0.377 e. The van der Waals surface area contributed by atoms with Crippen LogP contribution in [-0.4, -0.2) is 64.0 Å². The van der Waals surface area contributed by atoms with Crippen molar-refractivity contribution in [3.05, 3.63) is 0 Å². The summed E-state index contributed by atoms with van der Waals surface area (Å²) in [6.07, 6.45) is 1.97. The molecule has 0 aromatic carbocycles. The molecule has 7 nitrogen and oxygen atoms in total. The molecule has 0 spiro atoms. The fourth-order valence-corrected chi connectivity index (χ4v) is 1.65. The van der Waals surface area contributed by atoms with E-state index in [0.717, 1.165) is 12.8 Å². The van der Waals surface area contributed by atoms with Crippen molar-refractivity contribution in [2.24, 2.45) is 0 Å². The Morgan fingerprint density at radius 3 is 1.96 bits per heavy atom. The van der Waals surface area contributed by atoms with Crippen molar-refractivity contribution in [1.29, 1.82) is 0 Å². The van der Waals surface area contributed by atoms with Gasteiger partial charge in [0.25, 0.3) is 0 Å². The lowest BCUT2D eigenvalue weighted by Crippen LogP contribution is -2.32. The number of carbonyl (C=O) groups is 2. The van der Waals surface area contributed by atoms with Gasteiger partial charge in [-0.3, -0.25) is 9.59 Å². The van der Waals surface area contributed by atoms with Gasteiger partial charge in [-0.15, -0.1) is 24.0 Å². The van der Waals surface area contributed by atoms with Crippen molar-refractivity contribution in [3.8, 4) is 0 Å². The van der Waals surface area contributed by atoms with E-state index in [1.165, 1.54) is 6.92 Å². The molecular weight excluding hydrogens is 415 g/mol. The number of halogens is 1. The van der Waals surface area contributed by atoms with Gasteiger partial charge in [0.15, 0.2) is 0 Å². The van der Waals surface area contributed by atoms with Gasteiger partial charge in [0.1, 0.15) is 6.61 Å². The van der Waals surface area contributed by atoms with Crippen LogP contribution >= 0.6 is 24.0 Å². The van der Waals surface area contributed by atoms with Crippen LogP contribution in [0.15, 0.2) is 0 Å². The number of hydrogen-bond donors (Lipinski definition) is 2. The molecule has 0 saturated carbocycles. The van der Waals surface area contributed by atoms with E-state index in [2.05, 4.69) is 10.6 Å². The predicted octanol–water partition coefficient (Wildman–Crippen LogP) is 1.59. The van der Waals surface area contributed by atoms with Crippen LogP contribution in [0.25, 0.3) is 0 Å². The fraction of sp³-hybridized carbons (Fsp3) is 0.867. The molecule has 0 bridgehead atoms. The molecule has 8 heteroatoms. The van der Waals surface area contributed by atoms with Crippen LogP contribution < -0.4 is 10.6 Å². The summed E-state index contributed by atoms with van der Waals surface area (Å²) in [6.45, 7) is 8.42. The van der Waals surface area contributed by atoms with Crippen molar-refractivity contribution in [3.63, 3.8) is 0 Å². The summed E-state index contributed by atoms with van der Waals surface area (Å²) in [6, 6.07) is 0. The molecule has 0 saturated heterocycles. The molecule has 2 N–H and O–H groups in total. The molecule has 142 valence electrons. The number of carbonyl (C=O) groups excluding carboxylic acids is 2. The van der Waals surface area contributed by atoms with Gasteiger partial charge in [-0.05, 0) is 12.8 Å². The van der Waals surface area contributed by atoms with Gasteiger partial charge < -0.3 is 24.8 Å². The summed E-state index contributed by atoms with van der Waals surface area (Å²) >= 11 is 0. The average molecular weight is 450 g/mol. The lowest BCUT2D eigenvalue weighted by atomic mass is 10.2. The zero-order chi connectivity index (χ0) is 16.6. The Labute approximate surface area is 159 Å². The van der Waals surface area contributed by atoms with E-state index >= 15 is 0 Å². The van der Waals surface area contributed by atoms with E-state index in [1.54, 1.807) is 0 Å². The van der Waals surface area contributed by atoms with Crippen LogP contribution in [0.1, 0.15) is 36.5 Å². The second-order valence-corrected chi connectivity index (χ2v) is 4.81. The zero-order valence-electron chi connectivity index (χ0n) is 14.4. The second-order valence-electron chi connectivity index (χ2n) is 4.81. The highest BCUT2D eigenvalue weighted by Gasteiger charge is 2.06. The highest BCUT2D eigenvalue weighted by molar-refractivity contribution is 14.0. The van der Waals surface area contributed by atoms with Crippen LogP contribution in [0.5, 0.6) is 0 Å². The van der Waals surface area contributed by atoms with Gasteiger partial charge in [0.05, 0.1) is 32.5 Å². The normalized spacial score (nSPS) is 10.3. The molecule has 0 aromatic heterocycles. The number of ether oxygens (including phenoxy) is 3. The van der Waals surface area contributed by atoms with Crippen molar-refractivity contribution in [2.45, 2.75) is 39.7 Å². The molecule has 0 aliphatic carbocycles. The average Bonchev–Trinajstić information content (AvgIpc) is 2.49. The number of amides is 2. The predicted molar refractivity (Wildman–Crippen MR) is 103 cm³/mol. The molecule has 0 unspecified atom stereocenters. The van der Waals surface area contributed by atoms with E-state index in [9.17, 15) is 9.59 Å². The Kier molecular flexibility index (Phi) is 19.3. The molecule has 0 radical (unpaired) electrons. The van der Waals surface area contributed by atoms with Gasteiger partial charge in [0.2, 0.25) is 11.8 Å². The van der Waals surface area contributed by atoms with E-state index in [0.29, 0.717) is 39.5 Å². The third kappa shape index (κ3) is 17.7. The van der Waals surface area contributed by atoms with Crippen molar-refractivity contribution >= 4 is 35.8 Å². The third-order valence-corrected chi connectivity index (χ3v) is 2.92. The summed E-state index contributed by atoms with van der Waals surface area (Å²) in [5.41, 5.74) is 0. The first-order valence-corrected chi connectivity index (χ1v) is 7.88. The lowest BCUT2D eigenvalue weighted by Gasteiger charge is -2.13. The Hall–Kier alpha value is -0.450. The molecule has 2 amide bonds. The molecule has 0 rings (SSSR count). The monoisotopic (exact) mass is 450 g/mol. The van der Waals surface area contributed by atoms with Gasteiger partial charge in [-0.25, -0.2) is 0 Å². The summed E-state index contributed by atoms with van der Waals surface area (Å²) in [4.78, 5) is 22.1. The maximum absolute atomic E-state index is 11.5. The standard InChI is InChI=1S/C15H30N2O5.HI.2H2/c1-4-14(5-2)22-12-15(19)17-7-9-21-11-10-20-8-6-16-13(3)18;;;/h14H,4-12H2,1-3H3,(H,16,18)(H,17,19);3*1H. The van der Waals surface area contributed by atoms with Crippen LogP contribution in [0.4, 0.5) is 0 Å². The van der Waals surface area contributed by atoms with Crippen molar-refractivity contribution in [2.75, 3.05) is 46.1 Å². The molecule has 0 aliphatic heterocycles. The first kappa shape index (κ1) is 24.8. The summed E-state index contributed by atoms with van der Waals surface area (Å²) in [5.74, 6) is -0.189. The molecule has 0 aromatic rings. The summed E-state index contributed by atoms with van der Waals surface area (Å²) < 4.78 is 16.0. The van der Waals surface area contributed by atoms with E-state index in [4.69, 9.17) is 14.2 Å². The SMILES string of the molecule is CCC(CC)OCC(=O)NCCOCCOCCNC(C)=O.I.[HH].[HH]. The van der Waals surface area contributed by atoms with Crippen molar-refractivity contribution < 1.29 is 26.7 Å². The van der Waals surface area contributed by atoms with Gasteiger partial charge in [-0.2, -0.15) is 0 Å². The lowest BCUT2D eigenvalue weighted by molar-refractivity contribution is -0.128. The van der Waals surface area contributed by atoms with E-state index < -0.39 is 0 Å². The molecule has 0 atom stereocenters. The second kappa shape index (κ2) is 17.9. The van der Waals surface area contributed by atoms with Crippen LogP contribution in [0, 0.1) is 0 Å². The molecular formula is C15H35IN2O5. The van der Waals surface area contributed by atoms with Crippen LogP contribution in [0.2, 0.25) is 0 Å². The third-order valence-electron chi connectivity index (χ3n) is 2.92. The molecule has 0 aliphatic rings. The Morgan fingerprint density at radius 2 is 1.48 bits per heavy atom. The topological polar surface area (TPSA) is 85.9 Å². The maximum atomic E-state index is 11.5. The fourth-order valence-electron chi connectivity index (χ4n) is 1.65. The Balaban J connectivity index is -0.000000735. The van der Waals surface area contributed by atoms with E-state index in [-0.39, 0.29) is 51.4 Å². The number of rotatable bonds is 14. The Bertz CT molecular complexity index is 312. The zero-order valence-corrected chi connectivity index (χ0v) is 16.7. The quantitative estimate of drug-likeness (QED) is 0.310. The smallest absolute Gasteiger partial charge is 0.246 e. The minimum absolute atomic E-state index is 0. The molecule has 0 heterocycles. The highest BCUT2D eigenvalue weighted by Crippen LogP contribution is 2.01. The first-order valence-electron chi connectivity index (χ1n) is 7.88. The minimum Gasteiger partial charge on any atom is -0.377 e. The maximum Gasteiger partial charge on any atom is 0.246 e. The molecule has 23 heavy (non-hydrogen) atoms. The minimum atomic E-state index is -0.123. The van der Waals surface area contributed by atoms with Crippen LogP contribution in [-0.2, 0) is 23.8 Å². The van der Waals surface area contributed by atoms with Crippen LogP contribution in [0.3, 0.4) is 0 Å². The summed E-state index contributed by atoms with van der Waals surface area (Å²) in [7, 11) is 0. The molecule has 0 fully saturated rings. The Morgan fingerprint density at radius 1 is 0.957 bits per heavy atom. The van der Waals surface area contributed by atoms with E-state index in [1.807, 2.05) is 13.8 Å². The number of nitrogens with one attached hydrogen (secondary N) is 2. The number of hydrogen-bond acceptors (Lipinski definition) is 5. The van der Waals surface area contributed by atoms with Gasteiger partial charge in [-0.1, -0.05) is 13.8 Å². The summed E-state index contributed by atoms with van der Waals surface area (Å²) in [5, 5.41) is 5.37. The van der Waals surface area contributed by atoms with Gasteiger partial charge >= 0.3 is 0 Å².